The number of nitrogens with zero attached hydrogens (tertiary/aromatic N) is 1. The SMILES string of the molecule is CCS(=O)(=O)N1CCC2(CC1)CC(CC(=O)NCC(C)C)c1ccccc1O2. The van der Waals surface area contributed by atoms with E-state index in [-0.39, 0.29) is 17.6 Å². The fraction of sp³-hybridized carbons (Fsp3) is 0.667. The van der Waals surface area contributed by atoms with Gasteiger partial charge in [-0.25, -0.2) is 12.7 Å². The van der Waals surface area contributed by atoms with Crippen LogP contribution in [0.4, 0.5) is 0 Å². The molecule has 156 valence electrons. The molecule has 1 aromatic carbocycles. The summed E-state index contributed by atoms with van der Waals surface area (Å²) in [5.41, 5.74) is 0.688. The summed E-state index contributed by atoms with van der Waals surface area (Å²) in [7, 11) is -3.17. The van der Waals surface area contributed by atoms with E-state index in [1.807, 2.05) is 24.3 Å². The third-order valence-electron chi connectivity index (χ3n) is 5.83. The Morgan fingerprint density at radius 3 is 2.61 bits per heavy atom. The molecule has 2 aliphatic heterocycles. The van der Waals surface area contributed by atoms with Crippen molar-refractivity contribution in [2.24, 2.45) is 5.92 Å². The van der Waals surface area contributed by atoms with Crippen molar-refractivity contribution >= 4 is 15.9 Å². The van der Waals surface area contributed by atoms with Crippen molar-refractivity contribution in [1.82, 2.24) is 9.62 Å². The number of nitrogens with one attached hydrogen (secondary N) is 1. The van der Waals surface area contributed by atoms with Gasteiger partial charge in [0.05, 0.1) is 5.75 Å². The molecule has 1 amide bonds. The van der Waals surface area contributed by atoms with Gasteiger partial charge in [-0.2, -0.15) is 0 Å². The molecule has 0 bridgehead atoms. The van der Waals surface area contributed by atoms with Gasteiger partial charge in [-0.15, -0.1) is 0 Å². The normalized spacial score (nSPS) is 21.9. The summed E-state index contributed by atoms with van der Waals surface area (Å²) in [4.78, 5) is 12.5. The standard InChI is InChI=1S/C21H32N2O4S/c1-4-28(25,26)23-11-9-21(10-12-23)14-17(13-20(24)22-15-16(2)3)18-7-5-6-8-19(18)27-21/h5-8,16-17H,4,9-15H2,1-3H3,(H,22,24). The first-order valence-corrected chi connectivity index (χ1v) is 11.9. The van der Waals surface area contributed by atoms with Gasteiger partial charge in [-0.05, 0) is 30.9 Å². The Morgan fingerprint density at radius 2 is 1.96 bits per heavy atom. The molecule has 1 atom stereocenters. The lowest BCUT2D eigenvalue weighted by Crippen LogP contribution is -2.52. The number of fused-ring (bicyclic) bond motifs is 1. The summed E-state index contributed by atoms with van der Waals surface area (Å²) >= 11 is 0. The van der Waals surface area contributed by atoms with Crippen LogP contribution in [-0.2, 0) is 14.8 Å². The van der Waals surface area contributed by atoms with Crippen LogP contribution in [0.1, 0.15) is 57.9 Å². The van der Waals surface area contributed by atoms with Crippen molar-refractivity contribution in [1.29, 1.82) is 0 Å². The van der Waals surface area contributed by atoms with E-state index >= 15 is 0 Å². The van der Waals surface area contributed by atoms with Gasteiger partial charge in [-0.1, -0.05) is 32.0 Å². The highest BCUT2D eigenvalue weighted by Gasteiger charge is 2.45. The first kappa shape index (κ1) is 21.1. The van der Waals surface area contributed by atoms with Crippen molar-refractivity contribution in [2.45, 2.75) is 58.0 Å². The molecular weight excluding hydrogens is 376 g/mol. The van der Waals surface area contributed by atoms with E-state index in [0.29, 0.717) is 44.8 Å². The Labute approximate surface area is 168 Å². The molecule has 0 saturated carbocycles. The summed E-state index contributed by atoms with van der Waals surface area (Å²) in [6.45, 7) is 7.47. The van der Waals surface area contributed by atoms with Gasteiger partial charge in [0, 0.05) is 44.8 Å². The topological polar surface area (TPSA) is 75.7 Å². The van der Waals surface area contributed by atoms with Gasteiger partial charge in [-0.3, -0.25) is 4.79 Å². The fourth-order valence-electron chi connectivity index (χ4n) is 4.20. The summed E-state index contributed by atoms with van der Waals surface area (Å²) < 4.78 is 32.4. The van der Waals surface area contributed by atoms with Gasteiger partial charge >= 0.3 is 0 Å². The second-order valence-electron chi connectivity index (χ2n) is 8.43. The molecule has 1 spiro atoms. The Balaban J connectivity index is 1.75. The zero-order chi connectivity index (χ0) is 20.4. The van der Waals surface area contributed by atoms with Crippen molar-refractivity contribution in [2.75, 3.05) is 25.4 Å². The molecule has 1 fully saturated rings. The fourth-order valence-corrected chi connectivity index (χ4v) is 5.31. The Hall–Kier alpha value is -1.60. The van der Waals surface area contributed by atoms with Crippen LogP contribution in [0, 0.1) is 5.92 Å². The van der Waals surface area contributed by atoms with E-state index in [2.05, 4.69) is 19.2 Å². The van der Waals surface area contributed by atoms with Gasteiger partial charge in [0.25, 0.3) is 0 Å². The number of carbonyl (C=O) groups excluding carboxylic acids is 1. The predicted octanol–water partition coefficient (Wildman–Crippen LogP) is 2.90. The third kappa shape index (κ3) is 4.69. The quantitative estimate of drug-likeness (QED) is 0.785. The van der Waals surface area contributed by atoms with E-state index in [0.717, 1.165) is 17.7 Å². The van der Waals surface area contributed by atoms with Crippen LogP contribution >= 0.6 is 0 Å². The monoisotopic (exact) mass is 408 g/mol. The largest absolute Gasteiger partial charge is 0.487 e. The number of hydrogen-bond acceptors (Lipinski definition) is 4. The molecule has 1 N–H and O–H groups in total. The average Bonchev–Trinajstić information content (AvgIpc) is 2.66. The van der Waals surface area contributed by atoms with Gasteiger partial charge in [0.1, 0.15) is 11.4 Å². The maximum absolute atomic E-state index is 12.5. The van der Waals surface area contributed by atoms with Crippen LogP contribution in [0.15, 0.2) is 24.3 Å². The lowest BCUT2D eigenvalue weighted by Gasteiger charge is -2.46. The molecule has 1 saturated heterocycles. The molecule has 0 aliphatic carbocycles. The number of hydrogen-bond donors (Lipinski definition) is 1. The molecule has 0 aromatic heterocycles. The summed E-state index contributed by atoms with van der Waals surface area (Å²) in [6.07, 6.45) is 2.50. The highest BCUT2D eigenvalue weighted by Crippen LogP contribution is 2.46. The van der Waals surface area contributed by atoms with Crippen molar-refractivity contribution in [3.8, 4) is 5.75 Å². The minimum absolute atomic E-state index is 0.0662. The van der Waals surface area contributed by atoms with Gasteiger partial charge < -0.3 is 10.1 Å². The van der Waals surface area contributed by atoms with Crippen molar-refractivity contribution < 1.29 is 17.9 Å². The smallest absolute Gasteiger partial charge is 0.220 e. The first-order valence-electron chi connectivity index (χ1n) is 10.3. The predicted molar refractivity (Wildman–Crippen MR) is 110 cm³/mol. The molecule has 0 radical (unpaired) electrons. The molecule has 3 rings (SSSR count). The Bertz CT molecular complexity index is 798. The highest BCUT2D eigenvalue weighted by atomic mass is 32.2. The zero-order valence-electron chi connectivity index (χ0n) is 17.1. The minimum Gasteiger partial charge on any atom is -0.487 e. The van der Waals surface area contributed by atoms with E-state index in [4.69, 9.17) is 4.74 Å². The number of para-hydroxylation sites is 1. The second kappa shape index (κ2) is 8.41. The van der Waals surface area contributed by atoms with Crippen molar-refractivity contribution in [3.05, 3.63) is 29.8 Å². The number of piperidine rings is 1. The van der Waals surface area contributed by atoms with E-state index < -0.39 is 15.6 Å². The maximum atomic E-state index is 12.5. The number of amides is 1. The molecule has 28 heavy (non-hydrogen) atoms. The number of rotatable bonds is 6. The lowest BCUT2D eigenvalue weighted by molar-refractivity contribution is -0.122. The molecule has 2 aliphatic rings. The van der Waals surface area contributed by atoms with E-state index in [1.54, 1.807) is 11.2 Å². The third-order valence-corrected chi connectivity index (χ3v) is 7.72. The van der Waals surface area contributed by atoms with Crippen LogP contribution in [-0.4, -0.2) is 49.6 Å². The highest BCUT2D eigenvalue weighted by molar-refractivity contribution is 7.89. The number of benzene rings is 1. The molecule has 6 nitrogen and oxygen atoms in total. The number of sulfonamides is 1. The molecular formula is C21H32N2O4S. The first-order chi connectivity index (χ1) is 13.2. The Morgan fingerprint density at radius 1 is 1.29 bits per heavy atom. The number of ether oxygens (including phenoxy) is 1. The molecule has 7 heteroatoms. The van der Waals surface area contributed by atoms with Crippen LogP contribution in [0.5, 0.6) is 5.75 Å². The second-order valence-corrected chi connectivity index (χ2v) is 10.7. The summed E-state index contributed by atoms with van der Waals surface area (Å²) in [5.74, 6) is 1.54. The van der Waals surface area contributed by atoms with Crippen LogP contribution in [0.25, 0.3) is 0 Å². The van der Waals surface area contributed by atoms with Crippen LogP contribution < -0.4 is 10.1 Å². The molecule has 1 aromatic rings. The maximum Gasteiger partial charge on any atom is 0.220 e. The summed E-state index contributed by atoms with van der Waals surface area (Å²) in [6, 6.07) is 7.93. The summed E-state index contributed by atoms with van der Waals surface area (Å²) in [5, 5.41) is 3.02. The molecule has 2 heterocycles. The zero-order valence-corrected chi connectivity index (χ0v) is 17.9. The number of carbonyl (C=O) groups is 1. The van der Waals surface area contributed by atoms with E-state index in [1.165, 1.54) is 0 Å². The van der Waals surface area contributed by atoms with Gasteiger partial charge in [0.15, 0.2) is 0 Å². The van der Waals surface area contributed by atoms with Crippen LogP contribution in [0.2, 0.25) is 0 Å². The molecule has 1 unspecified atom stereocenters. The average molecular weight is 409 g/mol. The Kier molecular flexibility index (Phi) is 6.34. The minimum atomic E-state index is -3.17. The van der Waals surface area contributed by atoms with E-state index in [9.17, 15) is 13.2 Å². The van der Waals surface area contributed by atoms with Crippen molar-refractivity contribution in [3.63, 3.8) is 0 Å². The lowest BCUT2D eigenvalue weighted by atomic mass is 9.76. The van der Waals surface area contributed by atoms with Gasteiger partial charge in [0.2, 0.25) is 15.9 Å². The van der Waals surface area contributed by atoms with Crippen LogP contribution in [0.3, 0.4) is 0 Å².